The summed E-state index contributed by atoms with van der Waals surface area (Å²) in [5, 5.41) is 11.9. The van der Waals surface area contributed by atoms with Gasteiger partial charge in [0.05, 0.1) is 5.92 Å². The number of aliphatic carboxylic acids is 1. The van der Waals surface area contributed by atoms with Crippen molar-refractivity contribution in [3.8, 4) is 0 Å². The van der Waals surface area contributed by atoms with Crippen LogP contribution in [0.4, 0.5) is 0 Å². The number of rotatable bonds is 4. The summed E-state index contributed by atoms with van der Waals surface area (Å²) >= 11 is 0. The molecule has 1 amide bonds. The molecule has 1 saturated carbocycles. The van der Waals surface area contributed by atoms with Crippen LogP contribution >= 0.6 is 0 Å². The van der Waals surface area contributed by atoms with E-state index in [1.165, 1.54) is 0 Å². The summed E-state index contributed by atoms with van der Waals surface area (Å²) in [5.41, 5.74) is -0.130. The average molecular weight is 247 g/mol. The molecule has 1 aliphatic rings. The number of nitrogens with one attached hydrogen (secondary N) is 1. The number of hydrogen-bond donors (Lipinski definition) is 2. The zero-order valence-corrected chi connectivity index (χ0v) is 10.3. The van der Waals surface area contributed by atoms with E-state index in [0.717, 1.165) is 12.0 Å². The monoisotopic (exact) mass is 247 g/mol. The van der Waals surface area contributed by atoms with Crippen LogP contribution in [0.5, 0.6) is 0 Å². The summed E-state index contributed by atoms with van der Waals surface area (Å²) in [6, 6.07) is 9.38. The normalized spacial score (nSPS) is 18.5. The highest BCUT2D eigenvalue weighted by Gasteiger charge is 2.46. The Morgan fingerprint density at radius 1 is 1.28 bits per heavy atom. The number of benzene rings is 1. The first-order valence-electron chi connectivity index (χ1n) is 6.15. The summed E-state index contributed by atoms with van der Waals surface area (Å²) in [5.74, 6) is -1.48. The van der Waals surface area contributed by atoms with Crippen molar-refractivity contribution in [3.05, 3.63) is 35.9 Å². The standard InChI is InChI=1S/C14H17NO3/c1-10(11-6-3-2-4-7-11)12(16)15-14(13(17)18)8-5-9-14/h2-4,6-7,10H,5,8-9H2,1H3,(H,15,16)(H,17,18)/t10-/m0/s1. The van der Waals surface area contributed by atoms with Crippen LogP contribution in [-0.4, -0.2) is 22.5 Å². The van der Waals surface area contributed by atoms with E-state index in [4.69, 9.17) is 0 Å². The molecule has 1 aromatic carbocycles. The Kier molecular flexibility index (Phi) is 3.36. The first kappa shape index (κ1) is 12.6. The van der Waals surface area contributed by atoms with E-state index in [-0.39, 0.29) is 11.8 Å². The van der Waals surface area contributed by atoms with E-state index in [1.54, 1.807) is 6.92 Å². The fraction of sp³-hybridized carbons (Fsp3) is 0.429. The van der Waals surface area contributed by atoms with Crippen LogP contribution < -0.4 is 5.32 Å². The van der Waals surface area contributed by atoms with Gasteiger partial charge in [0.2, 0.25) is 5.91 Å². The smallest absolute Gasteiger partial charge is 0.329 e. The second-order valence-corrected chi connectivity index (χ2v) is 4.86. The van der Waals surface area contributed by atoms with Gasteiger partial charge in [0.25, 0.3) is 0 Å². The van der Waals surface area contributed by atoms with Gasteiger partial charge in [0.1, 0.15) is 5.54 Å². The molecule has 0 spiro atoms. The Hall–Kier alpha value is -1.84. The first-order valence-corrected chi connectivity index (χ1v) is 6.15. The van der Waals surface area contributed by atoms with Gasteiger partial charge in [-0.15, -0.1) is 0 Å². The lowest BCUT2D eigenvalue weighted by atomic mass is 9.76. The Bertz CT molecular complexity index is 451. The van der Waals surface area contributed by atoms with Gasteiger partial charge >= 0.3 is 5.97 Å². The summed E-state index contributed by atoms with van der Waals surface area (Å²) in [6.45, 7) is 1.79. The van der Waals surface area contributed by atoms with E-state index < -0.39 is 11.5 Å². The maximum atomic E-state index is 12.1. The zero-order chi connectivity index (χ0) is 13.2. The third kappa shape index (κ3) is 2.23. The topological polar surface area (TPSA) is 66.4 Å². The summed E-state index contributed by atoms with van der Waals surface area (Å²) in [4.78, 5) is 23.3. The van der Waals surface area contributed by atoms with E-state index in [0.29, 0.717) is 12.8 Å². The average Bonchev–Trinajstić information content (AvgIpc) is 2.33. The minimum Gasteiger partial charge on any atom is -0.480 e. The SMILES string of the molecule is C[C@H](C(=O)NC1(C(=O)O)CCC1)c1ccccc1. The van der Waals surface area contributed by atoms with E-state index >= 15 is 0 Å². The molecule has 0 aliphatic heterocycles. The molecule has 0 heterocycles. The molecule has 1 aliphatic carbocycles. The number of carbonyl (C=O) groups excluding carboxylic acids is 1. The van der Waals surface area contributed by atoms with Crippen LogP contribution in [0.25, 0.3) is 0 Å². The predicted molar refractivity (Wildman–Crippen MR) is 67.2 cm³/mol. The zero-order valence-electron chi connectivity index (χ0n) is 10.3. The molecule has 0 unspecified atom stereocenters. The molecule has 1 fully saturated rings. The van der Waals surface area contributed by atoms with Crippen molar-refractivity contribution in [1.29, 1.82) is 0 Å². The van der Waals surface area contributed by atoms with Crippen LogP contribution in [0.2, 0.25) is 0 Å². The Balaban J connectivity index is 2.06. The summed E-state index contributed by atoms with van der Waals surface area (Å²) < 4.78 is 0. The van der Waals surface area contributed by atoms with Crippen LogP contribution in [0.1, 0.15) is 37.7 Å². The molecule has 0 radical (unpaired) electrons. The second-order valence-electron chi connectivity index (χ2n) is 4.86. The lowest BCUT2D eigenvalue weighted by molar-refractivity contribution is -0.152. The number of carbonyl (C=O) groups is 2. The summed E-state index contributed by atoms with van der Waals surface area (Å²) in [6.07, 6.45) is 1.90. The van der Waals surface area contributed by atoms with Gasteiger partial charge in [0.15, 0.2) is 0 Å². The molecule has 4 heteroatoms. The molecule has 2 N–H and O–H groups in total. The minimum absolute atomic E-state index is 0.219. The first-order chi connectivity index (χ1) is 8.55. The van der Waals surface area contributed by atoms with Crippen LogP contribution in [0.15, 0.2) is 30.3 Å². The molecule has 4 nitrogen and oxygen atoms in total. The molecule has 18 heavy (non-hydrogen) atoms. The molecule has 96 valence electrons. The van der Waals surface area contributed by atoms with Crippen molar-refractivity contribution in [3.63, 3.8) is 0 Å². The highest BCUT2D eigenvalue weighted by atomic mass is 16.4. The van der Waals surface area contributed by atoms with E-state index in [2.05, 4.69) is 5.32 Å². The lowest BCUT2D eigenvalue weighted by Gasteiger charge is -2.38. The Morgan fingerprint density at radius 2 is 1.89 bits per heavy atom. The van der Waals surface area contributed by atoms with Crippen molar-refractivity contribution in [2.24, 2.45) is 0 Å². The lowest BCUT2D eigenvalue weighted by Crippen LogP contribution is -2.59. The molecular formula is C14H17NO3. The molecule has 2 rings (SSSR count). The maximum absolute atomic E-state index is 12.1. The van der Waals surface area contributed by atoms with Gasteiger partial charge in [-0.25, -0.2) is 4.79 Å². The fourth-order valence-electron chi connectivity index (χ4n) is 2.16. The predicted octanol–water partition coefficient (Wildman–Crippen LogP) is 1.91. The molecule has 0 saturated heterocycles. The van der Waals surface area contributed by atoms with Gasteiger partial charge in [0, 0.05) is 0 Å². The van der Waals surface area contributed by atoms with E-state index in [9.17, 15) is 14.7 Å². The maximum Gasteiger partial charge on any atom is 0.329 e. The van der Waals surface area contributed by atoms with Crippen molar-refractivity contribution in [1.82, 2.24) is 5.32 Å². The minimum atomic E-state index is -1.03. The van der Waals surface area contributed by atoms with Gasteiger partial charge < -0.3 is 10.4 Å². The van der Waals surface area contributed by atoms with Crippen molar-refractivity contribution >= 4 is 11.9 Å². The molecule has 1 atom stereocenters. The van der Waals surface area contributed by atoms with Crippen LogP contribution in [0, 0.1) is 0 Å². The second kappa shape index (κ2) is 4.80. The largest absolute Gasteiger partial charge is 0.480 e. The number of amides is 1. The fourth-order valence-corrected chi connectivity index (χ4v) is 2.16. The molecular weight excluding hydrogens is 230 g/mol. The van der Waals surface area contributed by atoms with Gasteiger partial charge in [-0.1, -0.05) is 30.3 Å². The quantitative estimate of drug-likeness (QED) is 0.854. The van der Waals surface area contributed by atoms with Crippen LogP contribution in [0.3, 0.4) is 0 Å². The Morgan fingerprint density at radius 3 is 2.33 bits per heavy atom. The van der Waals surface area contributed by atoms with Crippen molar-refractivity contribution < 1.29 is 14.7 Å². The number of hydrogen-bond acceptors (Lipinski definition) is 2. The molecule has 0 bridgehead atoms. The highest BCUT2D eigenvalue weighted by Crippen LogP contribution is 2.32. The van der Waals surface area contributed by atoms with Crippen LogP contribution in [-0.2, 0) is 9.59 Å². The molecule has 1 aromatic rings. The highest BCUT2D eigenvalue weighted by molar-refractivity contribution is 5.90. The van der Waals surface area contributed by atoms with Gasteiger partial charge in [-0.2, -0.15) is 0 Å². The third-order valence-electron chi connectivity index (χ3n) is 3.67. The van der Waals surface area contributed by atoms with Crippen molar-refractivity contribution in [2.75, 3.05) is 0 Å². The third-order valence-corrected chi connectivity index (χ3v) is 3.67. The number of carboxylic acid groups (broad SMARTS) is 1. The molecule has 0 aromatic heterocycles. The summed E-state index contributed by atoms with van der Waals surface area (Å²) in [7, 11) is 0. The van der Waals surface area contributed by atoms with Crippen molar-refractivity contribution in [2.45, 2.75) is 37.6 Å². The number of carboxylic acids is 1. The Labute approximate surface area is 106 Å². The van der Waals surface area contributed by atoms with Gasteiger partial charge in [-0.3, -0.25) is 4.79 Å². The van der Waals surface area contributed by atoms with E-state index in [1.807, 2.05) is 30.3 Å². The van der Waals surface area contributed by atoms with Gasteiger partial charge in [-0.05, 0) is 31.7 Å².